The summed E-state index contributed by atoms with van der Waals surface area (Å²) in [5.74, 6) is 0. The Morgan fingerprint density at radius 2 is 0.690 bits per heavy atom. The Labute approximate surface area is 229 Å². The van der Waals surface area contributed by atoms with Gasteiger partial charge in [0.1, 0.15) is 0 Å². The fourth-order valence-corrected chi connectivity index (χ4v) is 3.60. The van der Waals surface area contributed by atoms with Gasteiger partial charge in [0.25, 0.3) is 0 Å². The quantitative estimate of drug-likeness (QED) is 0.169. The highest BCUT2D eigenvalue weighted by Crippen LogP contribution is 2.39. The van der Waals surface area contributed by atoms with Gasteiger partial charge in [0, 0.05) is 0 Å². The summed E-state index contributed by atoms with van der Waals surface area (Å²) in [5, 5.41) is 18.9. The second-order valence-corrected chi connectivity index (χ2v) is 8.60. The standard InChI is InChI=1S/C28H12F12N2/c29-25(30,31)21-7-17(8-22(11-21)26(32,33)34)19(13-41)5-15-1-2-16(4-3-15)6-20(14-42)18-9-23(27(35,36)37)12-24(10-18)28(38,39)40/h1-12H/b19-5+,20-6+. The minimum atomic E-state index is -5.15. The van der Waals surface area contributed by atoms with Gasteiger partial charge in [-0.25, -0.2) is 0 Å². The zero-order chi connectivity index (χ0) is 31.7. The fraction of sp³-hybridized carbons (Fsp3) is 0.143. The number of allylic oxidation sites excluding steroid dienone is 2. The number of halogens is 12. The van der Waals surface area contributed by atoms with Crippen molar-refractivity contribution in [2.75, 3.05) is 0 Å². The number of benzene rings is 3. The minimum absolute atomic E-state index is 0.0894. The van der Waals surface area contributed by atoms with Crippen LogP contribution in [0.1, 0.15) is 44.5 Å². The monoisotopic (exact) mass is 604 g/mol. The van der Waals surface area contributed by atoms with Crippen LogP contribution in [0.15, 0.2) is 60.7 Å². The predicted molar refractivity (Wildman–Crippen MR) is 126 cm³/mol. The molecule has 0 fully saturated rings. The molecule has 0 radical (unpaired) electrons. The van der Waals surface area contributed by atoms with Crippen LogP contribution >= 0.6 is 0 Å². The van der Waals surface area contributed by atoms with Crippen LogP contribution in [-0.4, -0.2) is 0 Å². The Bertz CT molecular complexity index is 1430. The summed E-state index contributed by atoms with van der Waals surface area (Å²) in [6.45, 7) is 0. The summed E-state index contributed by atoms with van der Waals surface area (Å²) in [6, 6.07) is 9.15. The highest BCUT2D eigenvalue weighted by Gasteiger charge is 2.38. The molecule has 3 aromatic carbocycles. The Morgan fingerprint density at radius 1 is 0.452 bits per heavy atom. The smallest absolute Gasteiger partial charge is 0.192 e. The van der Waals surface area contributed by atoms with Crippen molar-refractivity contribution in [3.8, 4) is 12.1 Å². The molecule has 0 aromatic heterocycles. The molecule has 0 spiro atoms. The van der Waals surface area contributed by atoms with Crippen LogP contribution in [0.3, 0.4) is 0 Å². The van der Waals surface area contributed by atoms with Gasteiger partial charge in [-0.05, 0) is 70.8 Å². The average Bonchev–Trinajstić information content (AvgIpc) is 2.88. The Hall–Kier alpha value is -4.72. The number of nitriles is 2. The van der Waals surface area contributed by atoms with E-state index in [1.54, 1.807) is 0 Å². The Kier molecular flexibility index (Phi) is 8.54. The summed E-state index contributed by atoms with van der Waals surface area (Å²) in [5.41, 5.74) is -8.88. The molecule has 0 aliphatic heterocycles. The van der Waals surface area contributed by atoms with Gasteiger partial charge in [0.2, 0.25) is 0 Å². The average molecular weight is 604 g/mol. The van der Waals surface area contributed by atoms with Crippen LogP contribution in [0.25, 0.3) is 23.3 Å². The van der Waals surface area contributed by atoms with Crippen molar-refractivity contribution in [1.82, 2.24) is 0 Å². The van der Waals surface area contributed by atoms with Crippen LogP contribution in [0.4, 0.5) is 52.7 Å². The van der Waals surface area contributed by atoms with Crippen LogP contribution in [0.2, 0.25) is 0 Å². The highest BCUT2D eigenvalue weighted by atomic mass is 19.4. The lowest BCUT2D eigenvalue weighted by Gasteiger charge is -2.14. The van der Waals surface area contributed by atoms with Crippen molar-refractivity contribution in [1.29, 1.82) is 10.5 Å². The first-order chi connectivity index (χ1) is 19.2. The van der Waals surface area contributed by atoms with Gasteiger partial charge in [0.05, 0.1) is 45.5 Å². The van der Waals surface area contributed by atoms with Gasteiger partial charge in [-0.15, -0.1) is 0 Å². The van der Waals surface area contributed by atoms with Gasteiger partial charge < -0.3 is 0 Å². The zero-order valence-electron chi connectivity index (χ0n) is 20.4. The fourth-order valence-electron chi connectivity index (χ4n) is 3.60. The van der Waals surface area contributed by atoms with Crippen molar-refractivity contribution < 1.29 is 52.7 Å². The van der Waals surface area contributed by atoms with Gasteiger partial charge in [-0.3, -0.25) is 0 Å². The van der Waals surface area contributed by atoms with Gasteiger partial charge in [-0.2, -0.15) is 63.2 Å². The van der Waals surface area contributed by atoms with Gasteiger partial charge >= 0.3 is 24.7 Å². The van der Waals surface area contributed by atoms with E-state index in [1.165, 1.54) is 36.4 Å². The van der Waals surface area contributed by atoms with Crippen LogP contribution in [-0.2, 0) is 24.7 Å². The zero-order valence-corrected chi connectivity index (χ0v) is 20.4. The molecule has 0 heterocycles. The molecule has 0 bridgehead atoms. The molecular weight excluding hydrogens is 592 g/mol. The van der Waals surface area contributed by atoms with E-state index in [1.807, 2.05) is 0 Å². The SMILES string of the molecule is N#C/C(=C\c1ccc(/C=C(\C#N)c2cc(C(F)(F)F)cc(C(F)(F)F)c2)cc1)c1cc(C(F)(F)F)cc(C(F)(F)F)c1. The molecule has 2 nitrogen and oxygen atoms in total. The van der Waals surface area contributed by atoms with E-state index in [4.69, 9.17) is 0 Å². The number of nitrogens with zero attached hydrogens (tertiary/aromatic N) is 2. The third-order valence-corrected chi connectivity index (χ3v) is 5.60. The molecule has 3 aromatic rings. The summed E-state index contributed by atoms with van der Waals surface area (Å²) < 4.78 is 158. The lowest BCUT2D eigenvalue weighted by molar-refractivity contribution is -0.144. The van der Waals surface area contributed by atoms with E-state index < -0.39 is 69.2 Å². The van der Waals surface area contributed by atoms with E-state index >= 15 is 0 Å². The minimum Gasteiger partial charge on any atom is -0.192 e. The van der Waals surface area contributed by atoms with Gasteiger partial charge in [-0.1, -0.05) is 24.3 Å². The van der Waals surface area contributed by atoms with E-state index in [9.17, 15) is 63.2 Å². The highest BCUT2D eigenvalue weighted by molar-refractivity contribution is 5.92. The molecule has 14 heteroatoms. The lowest BCUT2D eigenvalue weighted by Crippen LogP contribution is -2.11. The molecule has 3 rings (SSSR count). The molecule has 0 saturated carbocycles. The topological polar surface area (TPSA) is 47.6 Å². The number of hydrogen-bond acceptors (Lipinski definition) is 2. The molecule has 0 amide bonds. The molecule has 0 saturated heterocycles. The second-order valence-electron chi connectivity index (χ2n) is 8.60. The first-order valence-electron chi connectivity index (χ1n) is 11.2. The van der Waals surface area contributed by atoms with Crippen molar-refractivity contribution >= 4 is 23.3 Å². The second kappa shape index (κ2) is 11.3. The van der Waals surface area contributed by atoms with E-state index in [0.29, 0.717) is 24.3 Å². The third kappa shape index (κ3) is 7.72. The van der Waals surface area contributed by atoms with Crippen molar-refractivity contribution in [2.45, 2.75) is 24.7 Å². The van der Waals surface area contributed by atoms with Crippen molar-refractivity contribution in [3.05, 3.63) is 105 Å². The molecule has 0 unspecified atom stereocenters. The number of rotatable bonds is 4. The summed E-state index contributed by atoms with van der Waals surface area (Å²) >= 11 is 0. The summed E-state index contributed by atoms with van der Waals surface area (Å²) in [7, 11) is 0. The molecule has 42 heavy (non-hydrogen) atoms. The maximum Gasteiger partial charge on any atom is 0.416 e. The molecule has 0 atom stereocenters. The van der Waals surface area contributed by atoms with Crippen LogP contribution in [0, 0.1) is 22.7 Å². The molecule has 0 aliphatic carbocycles. The van der Waals surface area contributed by atoms with Gasteiger partial charge in [0.15, 0.2) is 0 Å². The van der Waals surface area contributed by atoms with E-state index in [0.717, 1.165) is 12.2 Å². The molecule has 0 N–H and O–H groups in total. The summed E-state index contributed by atoms with van der Waals surface area (Å²) in [6.07, 6.45) is -18.7. The molecule has 218 valence electrons. The van der Waals surface area contributed by atoms with Crippen molar-refractivity contribution in [2.24, 2.45) is 0 Å². The third-order valence-electron chi connectivity index (χ3n) is 5.60. The normalized spacial score (nSPS) is 13.5. The maximum atomic E-state index is 13.2. The first-order valence-corrected chi connectivity index (χ1v) is 11.2. The number of alkyl halides is 12. The Balaban J connectivity index is 2.04. The predicted octanol–water partition coefficient (Wildman–Crippen LogP) is 9.89. The van der Waals surface area contributed by atoms with Crippen molar-refractivity contribution in [3.63, 3.8) is 0 Å². The molecule has 0 aliphatic rings. The maximum absolute atomic E-state index is 13.2. The largest absolute Gasteiger partial charge is 0.416 e. The summed E-state index contributed by atoms with van der Waals surface area (Å²) in [4.78, 5) is 0. The Morgan fingerprint density at radius 3 is 0.881 bits per heavy atom. The molecular formula is C28H12F12N2. The van der Waals surface area contributed by atoms with E-state index in [2.05, 4.69) is 0 Å². The number of hydrogen-bond donors (Lipinski definition) is 0. The first kappa shape index (κ1) is 31.8. The van der Waals surface area contributed by atoms with E-state index in [-0.39, 0.29) is 23.3 Å². The van der Waals surface area contributed by atoms with Crippen LogP contribution in [0.5, 0.6) is 0 Å². The van der Waals surface area contributed by atoms with Crippen LogP contribution < -0.4 is 0 Å². The lowest BCUT2D eigenvalue weighted by atomic mass is 9.97.